The molecular formula is C18H25N. The number of rotatable bonds is 3. The molecule has 1 aliphatic carbocycles. The molecule has 0 aliphatic heterocycles. The SMILES string of the molecule is C=c1cc(CCC)c(=C)c(N)c1C1C=C(C)CCC1. The molecule has 0 saturated carbocycles. The monoisotopic (exact) mass is 255 g/mol. The van der Waals surface area contributed by atoms with Gasteiger partial charge in [0.1, 0.15) is 0 Å². The summed E-state index contributed by atoms with van der Waals surface area (Å²) in [6, 6.07) is 2.19. The second-order valence-corrected chi connectivity index (χ2v) is 5.76. The van der Waals surface area contributed by atoms with Crippen LogP contribution in [0.1, 0.15) is 56.6 Å². The average molecular weight is 255 g/mol. The summed E-state index contributed by atoms with van der Waals surface area (Å²) in [5, 5.41) is 2.10. The Morgan fingerprint density at radius 1 is 1.37 bits per heavy atom. The van der Waals surface area contributed by atoms with E-state index in [1.165, 1.54) is 36.0 Å². The molecule has 1 atom stereocenters. The van der Waals surface area contributed by atoms with Crippen LogP contribution in [0.5, 0.6) is 0 Å². The Morgan fingerprint density at radius 3 is 2.74 bits per heavy atom. The van der Waals surface area contributed by atoms with Crippen LogP contribution in [0.2, 0.25) is 0 Å². The second kappa shape index (κ2) is 5.64. The molecule has 0 aromatic heterocycles. The molecule has 1 aromatic rings. The maximum absolute atomic E-state index is 6.36. The standard InChI is InChI=1S/C18H25N/c1-5-7-15-11-13(3)17(18(19)14(15)4)16-9-6-8-12(2)10-16/h10-11,16H,3-9,19H2,1-2H3. The van der Waals surface area contributed by atoms with Gasteiger partial charge in [0, 0.05) is 11.6 Å². The molecule has 0 heterocycles. The molecule has 1 aliphatic rings. The number of benzene rings is 1. The lowest BCUT2D eigenvalue weighted by Crippen LogP contribution is -2.25. The summed E-state index contributed by atoms with van der Waals surface area (Å²) < 4.78 is 0. The Labute approximate surface area is 116 Å². The second-order valence-electron chi connectivity index (χ2n) is 5.76. The largest absolute Gasteiger partial charge is 0.398 e. The number of anilines is 1. The minimum absolute atomic E-state index is 0.428. The molecule has 2 rings (SSSR count). The van der Waals surface area contributed by atoms with Gasteiger partial charge >= 0.3 is 0 Å². The predicted molar refractivity (Wildman–Crippen MR) is 85.5 cm³/mol. The lowest BCUT2D eigenvalue weighted by atomic mass is 9.83. The average Bonchev–Trinajstić information content (AvgIpc) is 2.36. The summed E-state index contributed by atoms with van der Waals surface area (Å²) in [5.41, 5.74) is 11.2. The first-order chi connectivity index (χ1) is 9.04. The van der Waals surface area contributed by atoms with Crippen LogP contribution in [-0.4, -0.2) is 0 Å². The lowest BCUT2D eigenvalue weighted by molar-refractivity contribution is 0.632. The third-order valence-electron chi connectivity index (χ3n) is 4.16. The number of nitrogen functional groups attached to an aromatic ring is 1. The Hall–Kier alpha value is -1.50. The van der Waals surface area contributed by atoms with Crippen LogP contribution in [0.4, 0.5) is 5.69 Å². The van der Waals surface area contributed by atoms with Gasteiger partial charge in [0.15, 0.2) is 0 Å². The smallest absolute Gasteiger partial charge is 0.0428 e. The Kier molecular flexibility index (Phi) is 4.14. The van der Waals surface area contributed by atoms with Gasteiger partial charge in [0.25, 0.3) is 0 Å². The summed E-state index contributed by atoms with van der Waals surface area (Å²) in [7, 11) is 0. The highest BCUT2D eigenvalue weighted by atomic mass is 14.6. The van der Waals surface area contributed by atoms with Crippen molar-refractivity contribution in [2.75, 3.05) is 5.73 Å². The predicted octanol–water partition coefficient (Wildman–Crippen LogP) is 3.26. The number of allylic oxidation sites excluding steroid dienone is 2. The van der Waals surface area contributed by atoms with Crippen molar-refractivity contribution in [1.29, 1.82) is 0 Å². The van der Waals surface area contributed by atoms with Crippen molar-refractivity contribution >= 4 is 18.8 Å². The van der Waals surface area contributed by atoms with Gasteiger partial charge in [-0.1, -0.05) is 44.2 Å². The molecule has 0 amide bonds. The zero-order chi connectivity index (χ0) is 14.0. The summed E-state index contributed by atoms with van der Waals surface area (Å²) in [6.07, 6.45) is 8.15. The highest BCUT2D eigenvalue weighted by molar-refractivity contribution is 5.56. The molecule has 1 heteroatoms. The molecular weight excluding hydrogens is 230 g/mol. The van der Waals surface area contributed by atoms with E-state index in [1.807, 2.05) is 0 Å². The van der Waals surface area contributed by atoms with Crippen molar-refractivity contribution in [3.63, 3.8) is 0 Å². The molecule has 102 valence electrons. The maximum Gasteiger partial charge on any atom is 0.0428 e. The number of hydrogen-bond donors (Lipinski definition) is 1. The highest BCUT2D eigenvalue weighted by Crippen LogP contribution is 2.31. The van der Waals surface area contributed by atoms with Gasteiger partial charge in [0.05, 0.1) is 0 Å². The van der Waals surface area contributed by atoms with E-state index in [2.05, 4.69) is 39.1 Å². The summed E-state index contributed by atoms with van der Waals surface area (Å²) in [4.78, 5) is 0. The topological polar surface area (TPSA) is 26.0 Å². The highest BCUT2D eigenvalue weighted by Gasteiger charge is 2.18. The van der Waals surface area contributed by atoms with Crippen molar-refractivity contribution in [2.24, 2.45) is 0 Å². The third-order valence-corrected chi connectivity index (χ3v) is 4.16. The summed E-state index contributed by atoms with van der Waals surface area (Å²) >= 11 is 0. The molecule has 0 bridgehead atoms. The fraction of sp³-hybridized carbons (Fsp3) is 0.444. The van der Waals surface area contributed by atoms with Gasteiger partial charge in [-0.15, -0.1) is 0 Å². The van der Waals surface area contributed by atoms with Gasteiger partial charge in [-0.05, 0) is 54.2 Å². The van der Waals surface area contributed by atoms with Crippen LogP contribution in [0, 0.1) is 0 Å². The zero-order valence-corrected chi connectivity index (χ0v) is 12.3. The van der Waals surface area contributed by atoms with E-state index in [-0.39, 0.29) is 0 Å². The van der Waals surface area contributed by atoms with Crippen molar-refractivity contribution in [3.8, 4) is 0 Å². The van der Waals surface area contributed by atoms with Crippen LogP contribution < -0.4 is 16.2 Å². The van der Waals surface area contributed by atoms with E-state index in [1.54, 1.807) is 0 Å². The molecule has 1 nitrogen and oxygen atoms in total. The molecule has 1 aromatic carbocycles. The number of hydrogen-bond acceptors (Lipinski definition) is 1. The van der Waals surface area contributed by atoms with Crippen LogP contribution >= 0.6 is 0 Å². The molecule has 0 fully saturated rings. The van der Waals surface area contributed by atoms with E-state index < -0.39 is 0 Å². The first-order valence-electron chi connectivity index (χ1n) is 7.31. The zero-order valence-electron chi connectivity index (χ0n) is 12.3. The molecule has 1 unspecified atom stereocenters. The molecule has 19 heavy (non-hydrogen) atoms. The number of nitrogens with two attached hydrogens (primary N) is 1. The quantitative estimate of drug-likeness (QED) is 0.651. The minimum atomic E-state index is 0.428. The van der Waals surface area contributed by atoms with Crippen LogP contribution in [0.3, 0.4) is 0 Å². The fourth-order valence-electron chi connectivity index (χ4n) is 3.15. The summed E-state index contributed by atoms with van der Waals surface area (Å²) in [6.45, 7) is 12.8. The normalized spacial score (nSPS) is 19.3. The first kappa shape index (κ1) is 13.9. The van der Waals surface area contributed by atoms with Crippen LogP contribution in [0.25, 0.3) is 13.2 Å². The van der Waals surface area contributed by atoms with Crippen molar-refractivity contribution in [2.45, 2.75) is 51.9 Å². The lowest BCUT2D eigenvalue weighted by Gasteiger charge is -2.22. The van der Waals surface area contributed by atoms with E-state index in [4.69, 9.17) is 5.73 Å². The van der Waals surface area contributed by atoms with E-state index in [0.717, 1.165) is 29.0 Å². The van der Waals surface area contributed by atoms with E-state index in [9.17, 15) is 0 Å². The number of aryl methyl sites for hydroxylation is 1. The Balaban J connectivity index is 2.53. The van der Waals surface area contributed by atoms with Crippen LogP contribution in [-0.2, 0) is 6.42 Å². The summed E-state index contributed by atoms with van der Waals surface area (Å²) in [5.74, 6) is 0.428. The van der Waals surface area contributed by atoms with Gasteiger partial charge < -0.3 is 5.73 Å². The Bertz CT molecular complexity index is 595. The third kappa shape index (κ3) is 2.75. The van der Waals surface area contributed by atoms with E-state index >= 15 is 0 Å². The maximum atomic E-state index is 6.36. The molecule has 2 N–H and O–H groups in total. The fourth-order valence-corrected chi connectivity index (χ4v) is 3.15. The van der Waals surface area contributed by atoms with Crippen molar-refractivity contribution < 1.29 is 0 Å². The van der Waals surface area contributed by atoms with Gasteiger partial charge in [-0.25, -0.2) is 0 Å². The van der Waals surface area contributed by atoms with Gasteiger partial charge in [-0.3, -0.25) is 0 Å². The van der Waals surface area contributed by atoms with Crippen LogP contribution in [0.15, 0.2) is 17.7 Å². The van der Waals surface area contributed by atoms with Gasteiger partial charge in [-0.2, -0.15) is 0 Å². The Morgan fingerprint density at radius 2 is 2.11 bits per heavy atom. The molecule has 0 saturated heterocycles. The van der Waals surface area contributed by atoms with Crippen molar-refractivity contribution in [1.82, 2.24) is 0 Å². The van der Waals surface area contributed by atoms with Gasteiger partial charge in [0.2, 0.25) is 0 Å². The first-order valence-corrected chi connectivity index (χ1v) is 7.31. The molecule has 0 spiro atoms. The minimum Gasteiger partial charge on any atom is -0.398 e. The van der Waals surface area contributed by atoms with Crippen molar-refractivity contribution in [3.05, 3.63) is 39.3 Å². The van der Waals surface area contributed by atoms with E-state index in [0.29, 0.717) is 5.92 Å². The molecule has 0 radical (unpaired) electrons.